The van der Waals surface area contributed by atoms with Crippen LogP contribution < -0.4 is 5.73 Å². The molecule has 2 N–H and O–H groups in total. The molecule has 3 rings (SSSR count). The number of aromatic nitrogens is 2. The van der Waals surface area contributed by atoms with E-state index in [1.165, 1.54) is 0 Å². The minimum Gasteiger partial charge on any atom is -0.464 e. The Morgan fingerprint density at radius 3 is 3.00 bits per heavy atom. The standard InChI is InChI=1S/C14H15N3O2/c1-9(6-7-15)14-16-13(17-19-14)11-8-18-12-5-3-2-4-10(11)12/h2-5,8-9H,6-7,15H2,1H3. The zero-order chi connectivity index (χ0) is 13.2. The molecule has 98 valence electrons. The van der Waals surface area contributed by atoms with Crippen LogP contribution in [0, 0.1) is 0 Å². The summed E-state index contributed by atoms with van der Waals surface area (Å²) < 4.78 is 10.8. The first-order valence-corrected chi connectivity index (χ1v) is 6.30. The molecular weight excluding hydrogens is 242 g/mol. The fourth-order valence-electron chi connectivity index (χ4n) is 2.07. The Bertz CT molecular complexity index is 687. The van der Waals surface area contributed by atoms with E-state index in [-0.39, 0.29) is 5.92 Å². The lowest BCUT2D eigenvalue weighted by molar-refractivity contribution is 0.355. The fourth-order valence-corrected chi connectivity index (χ4v) is 2.07. The Morgan fingerprint density at radius 2 is 2.16 bits per heavy atom. The zero-order valence-electron chi connectivity index (χ0n) is 10.7. The van der Waals surface area contributed by atoms with Crippen LogP contribution in [-0.4, -0.2) is 16.7 Å². The number of rotatable bonds is 4. The van der Waals surface area contributed by atoms with Crippen molar-refractivity contribution in [3.63, 3.8) is 0 Å². The molecule has 0 amide bonds. The van der Waals surface area contributed by atoms with Gasteiger partial charge in [-0.3, -0.25) is 0 Å². The van der Waals surface area contributed by atoms with Gasteiger partial charge in [0.25, 0.3) is 0 Å². The van der Waals surface area contributed by atoms with Crippen molar-refractivity contribution in [2.24, 2.45) is 5.73 Å². The molecule has 19 heavy (non-hydrogen) atoms. The summed E-state index contributed by atoms with van der Waals surface area (Å²) in [4.78, 5) is 4.43. The summed E-state index contributed by atoms with van der Waals surface area (Å²) in [6.45, 7) is 2.63. The molecule has 2 aromatic heterocycles. The van der Waals surface area contributed by atoms with E-state index in [1.807, 2.05) is 31.2 Å². The fraction of sp³-hybridized carbons (Fsp3) is 0.286. The second-order valence-corrected chi connectivity index (χ2v) is 4.58. The van der Waals surface area contributed by atoms with Gasteiger partial charge in [0, 0.05) is 11.3 Å². The molecule has 0 bridgehead atoms. The molecule has 0 aliphatic rings. The maximum absolute atomic E-state index is 5.54. The van der Waals surface area contributed by atoms with Crippen molar-refractivity contribution < 1.29 is 8.94 Å². The molecule has 1 unspecified atom stereocenters. The SMILES string of the molecule is CC(CCN)c1nc(-c2coc3ccccc23)no1. The van der Waals surface area contributed by atoms with Crippen LogP contribution >= 0.6 is 0 Å². The van der Waals surface area contributed by atoms with Crippen LogP contribution in [0.25, 0.3) is 22.4 Å². The maximum Gasteiger partial charge on any atom is 0.229 e. The number of para-hydroxylation sites is 1. The van der Waals surface area contributed by atoms with E-state index in [9.17, 15) is 0 Å². The molecule has 0 fully saturated rings. The van der Waals surface area contributed by atoms with Crippen LogP contribution in [0.15, 0.2) is 39.5 Å². The third-order valence-electron chi connectivity index (χ3n) is 3.18. The van der Waals surface area contributed by atoms with Crippen molar-refractivity contribution in [2.45, 2.75) is 19.3 Å². The summed E-state index contributed by atoms with van der Waals surface area (Å²) in [5.74, 6) is 1.35. The maximum atomic E-state index is 5.54. The van der Waals surface area contributed by atoms with E-state index >= 15 is 0 Å². The monoisotopic (exact) mass is 257 g/mol. The molecule has 0 radical (unpaired) electrons. The number of fused-ring (bicyclic) bond motifs is 1. The number of furan rings is 1. The highest BCUT2D eigenvalue weighted by molar-refractivity contribution is 5.91. The highest BCUT2D eigenvalue weighted by atomic mass is 16.5. The predicted molar refractivity (Wildman–Crippen MR) is 71.6 cm³/mol. The number of hydrogen-bond acceptors (Lipinski definition) is 5. The molecule has 0 aliphatic heterocycles. The van der Waals surface area contributed by atoms with Crippen LogP contribution in [-0.2, 0) is 0 Å². The first kappa shape index (κ1) is 11.9. The van der Waals surface area contributed by atoms with Crippen LogP contribution in [0.3, 0.4) is 0 Å². The molecule has 2 heterocycles. The van der Waals surface area contributed by atoms with E-state index in [4.69, 9.17) is 14.7 Å². The largest absolute Gasteiger partial charge is 0.464 e. The van der Waals surface area contributed by atoms with Crippen LogP contribution in [0.5, 0.6) is 0 Å². The second-order valence-electron chi connectivity index (χ2n) is 4.58. The number of nitrogens with two attached hydrogens (primary N) is 1. The van der Waals surface area contributed by atoms with Crippen molar-refractivity contribution >= 4 is 11.0 Å². The molecule has 0 aliphatic carbocycles. The summed E-state index contributed by atoms with van der Waals surface area (Å²) in [5.41, 5.74) is 7.21. The lowest BCUT2D eigenvalue weighted by atomic mass is 10.1. The Morgan fingerprint density at radius 1 is 1.32 bits per heavy atom. The first-order chi connectivity index (χ1) is 9.29. The number of nitrogens with zero attached hydrogens (tertiary/aromatic N) is 2. The van der Waals surface area contributed by atoms with Gasteiger partial charge >= 0.3 is 0 Å². The lowest BCUT2D eigenvalue weighted by Gasteiger charge is -2.01. The van der Waals surface area contributed by atoms with E-state index < -0.39 is 0 Å². The van der Waals surface area contributed by atoms with Gasteiger partial charge in [0.2, 0.25) is 11.7 Å². The van der Waals surface area contributed by atoms with Gasteiger partial charge in [-0.2, -0.15) is 4.98 Å². The van der Waals surface area contributed by atoms with E-state index in [2.05, 4.69) is 10.1 Å². The molecule has 0 spiro atoms. The average molecular weight is 257 g/mol. The van der Waals surface area contributed by atoms with Crippen molar-refractivity contribution in [3.8, 4) is 11.4 Å². The zero-order valence-corrected chi connectivity index (χ0v) is 10.7. The predicted octanol–water partition coefficient (Wildman–Crippen LogP) is 2.94. The Labute approximate surface area is 110 Å². The minimum atomic E-state index is 0.171. The summed E-state index contributed by atoms with van der Waals surface area (Å²) >= 11 is 0. The third kappa shape index (κ3) is 2.13. The van der Waals surface area contributed by atoms with E-state index in [0.29, 0.717) is 18.3 Å². The smallest absolute Gasteiger partial charge is 0.229 e. The van der Waals surface area contributed by atoms with Gasteiger partial charge in [-0.15, -0.1) is 0 Å². The Balaban J connectivity index is 1.98. The second kappa shape index (κ2) is 4.85. The van der Waals surface area contributed by atoms with Crippen molar-refractivity contribution in [1.82, 2.24) is 10.1 Å². The highest BCUT2D eigenvalue weighted by Crippen LogP contribution is 2.29. The molecule has 0 saturated carbocycles. The molecule has 5 heteroatoms. The molecule has 0 saturated heterocycles. The van der Waals surface area contributed by atoms with Gasteiger partial charge in [0.1, 0.15) is 11.8 Å². The van der Waals surface area contributed by atoms with Gasteiger partial charge in [-0.1, -0.05) is 30.3 Å². The van der Waals surface area contributed by atoms with Gasteiger partial charge in [0.15, 0.2) is 0 Å². The summed E-state index contributed by atoms with van der Waals surface area (Å²) in [6, 6.07) is 7.78. The lowest BCUT2D eigenvalue weighted by Crippen LogP contribution is -2.04. The van der Waals surface area contributed by atoms with Gasteiger partial charge in [0.05, 0.1) is 5.56 Å². The summed E-state index contributed by atoms with van der Waals surface area (Å²) in [6.07, 6.45) is 2.49. The van der Waals surface area contributed by atoms with Crippen molar-refractivity contribution in [2.75, 3.05) is 6.54 Å². The van der Waals surface area contributed by atoms with Gasteiger partial charge in [-0.25, -0.2) is 0 Å². The average Bonchev–Trinajstić information content (AvgIpc) is 3.05. The Hall–Kier alpha value is -2.14. The number of benzene rings is 1. The van der Waals surface area contributed by atoms with Gasteiger partial charge in [-0.05, 0) is 19.0 Å². The molecule has 3 aromatic rings. The molecule has 5 nitrogen and oxygen atoms in total. The van der Waals surface area contributed by atoms with Crippen molar-refractivity contribution in [1.29, 1.82) is 0 Å². The number of hydrogen-bond donors (Lipinski definition) is 1. The van der Waals surface area contributed by atoms with Crippen LogP contribution in [0.1, 0.15) is 25.2 Å². The normalized spacial score (nSPS) is 12.9. The quantitative estimate of drug-likeness (QED) is 0.777. The molecule has 1 aromatic carbocycles. The summed E-state index contributed by atoms with van der Waals surface area (Å²) in [5, 5.41) is 5.01. The van der Waals surface area contributed by atoms with Crippen molar-refractivity contribution in [3.05, 3.63) is 36.4 Å². The minimum absolute atomic E-state index is 0.171. The molecule has 1 atom stereocenters. The Kier molecular flexibility index (Phi) is 3.05. The van der Waals surface area contributed by atoms with Gasteiger partial charge < -0.3 is 14.7 Å². The highest BCUT2D eigenvalue weighted by Gasteiger charge is 2.17. The van der Waals surface area contributed by atoms with Crippen LogP contribution in [0.4, 0.5) is 0 Å². The third-order valence-corrected chi connectivity index (χ3v) is 3.18. The molecular formula is C14H15N3O2. The first-order valence-electron chi connectivity index (χ1n) is 6.30. The summed E-state index contributed by atoms with van der Waals surface area (Å²) in [7, 11) is 0. The van der Waals surface area contributed by atoms with Crippen LogP contribution in [0.2, 0.25) is 0 Å². The van der Waals surface area contributed by atoms with E-state index in [0.717, 1.165) is 23.0 Å². The topological polar surface area (TPSA) is 78.1 Å². The van der Waals surface area contributed by atoms with E-state index in [1.54, 1.807) is 6.26 Å².